The molecule has 1 aromatic carbocycles. The van der Waals surface area contributed by atoms with Gasteiger partial charge < -0.3 is 19.9 Å². The van der Waals surface area contributed by atoms with E-state index >= 15 is 0 Å². The van der Waals surface area contributed by atoms with Gasteiger partial charge in [-0.1, -0.05) is 0 Å². The molecule has 7 heteroatoms. The van der Waals surface area contributed by atoms with E-state index < -0.39 is 17.1 Å². The lowest BCUT2D eigenvalue weighted by Crippen LogP contribution is -2.58. The zero-order chi connectivity index (χ0) is 20.4. The van der Waals surface area contributed by atoms with Crippen molar-refractivity contribution < 1.29 is 29.0 Å². The van der Waals surface area contributed by atoms with E-state index in [9.17, 15) is 19.5 Å². The summed E-state index contributed by atoms with van der Waals surface area (Å²) in [7, 11) is 0. The van der Waals surface area contributed by atoms with Crippen LogP contribution in [-0.4, -0.2) is 41.1 Å². The standard InChI is InChI=1S/C22H25NO6/c1-12(19(25)15-2-3-17-16(5-15)23-18(24)10-28-17)29-20(26)21-6-13-4-14(7-21)9-22(27,8-13)11-21/h2-3,5,12-14,27H,4,6-11H2,1H3,(H,23,24)/t12-,13+,14+,21?,22?/m0/s1. The number of aliphatic hydroxyl groups is 1. The fourth-order valence-corrected chi connectivity index (χ4v) is 6.26. The van der Waals surface area contributed by atoms with Gasteiger partial charge in [0.05, 0.1) is 16.7 Å². The minimum absolute atomic E-state index is 0.0509. The second-order valence-electron chi connectivity index (χ2n) is 9.43. The Labute approximate surface area is 168 Å². The van der Waals surface area contributed by atoms with E-state index in [2.05, 4.69) is 5.32 Å². The molecule has 1 aliphatic heterocycles. The Hall–Kier alpha value is -2.41. The van der Waals surface area contributed by atoms with Gasteiger partial charge in [-0.3, -0.25) is 14.4 Å². The lowest BCUT2D eigenvalue weighted by Gasteiger charge is -2.58. The SMILES string of the molecule is C[C@H](OC(=O)C12C[C@H]3C[C@@H](CC(O)(C3)C1)C2)C(=O)c1ccc2c(c1)NC(=O)CO2. The number of esters is 1. The van der Waals surface area contributed by atoms with Gasteiger partial charge in [-0.2, -0.15) is 0 Å². The number of carbonyl (C=O) groups excluding carboxylic acids is 3. The summed E-state index contributed by atoms with van der Waals surface area (Å²) < 4.78 is 11.0. The van der Waals surface area contributed by atoms with E-state index in [0.29, 0.717) is 35.3 Å². The summed E-state index contributed by atoms with van der Waals surface area (Å²) in [5.41, 5.74) is -0.633. The number of rotatable bonds is 4. The minimum Gasteiger partial charge on any atom is -0.482 e. The van der Waals surface area contributed by atoms with Crippen LogP contribution in [0, 0.1) is 17.3 Å². The predicted octanol–water partition coefficient (Wildman–Crippen LogP) is 2.46. The molecule has 0 spiro atoms. The van der Waals surface area contributed by atoms with Crippen LogP contribution in [0.4, 0.5) is 5.69 Å². The molecule has 4 fully saturated rings. The van der Waals surface area contributed by atoms with Crippen LogP contribution in [0.2, 0.25) is 0 Å². The maximum atomic E-state index is 13.1. The molecule has 154 valence electrons. The Morgan fingerprint density at radius 3 is 2.66 bits per heavy atom. The van der Waals surface area contributed by atoms with Crippen molar-refractivity contribution in [3.05, 3.63) is 23.8 Å². The quantitative estimate of drug-likeness (QED) is 0.596. The van der Waals surface area contributed by atoms with Crippen molar-refractivity contribution in [2.45, 2.75) is 57.2 Å². The van der Waals surface area contributed by atoms with Crippen molar-refractivity contribution in [3.8, 4) is 5.75 Å². The number of benzene rings is 1. The maximum absolute atomic E-state index is 13.1. The second-order valence-corrected chi connectivity index (χ2v) is 9.43. The zero-order valence-electron chi connectivity index (χ0n) is 16.4. The van der Waals surface area contributed by atoms with Crippen molar-refractivity contribution in [2.75, 3.05) is 11.9 Å². The van der Waals surface area contributed by atoms with Crippen molar-refractivity contribution in [2.24, 2.45) is 17.3 Å². The lowest BCUT2D eigenvalue weighted by atomic mass is 9.48. The highest BCUT2D eigenvalue weighted by molar-refractivity contribution is 6.03. The van der Waals surface area contributed by atoms with Gasteiger partial charge in [-0.25, -0.2) is 0 Å². The number of amides is 1. The number of fused-ring (bicyclic) bond motifs is 1. The van der Waals surface area contributed by atoms with Gasteiger partial charge in [0.2, 0.25) is 5.78 Å². The molecule has 0 aromatic heterocycles. The van der Waals surface area contributed by atoms with Gasteiger partial charge in [0, 0.05) is 5.56 Å². The van der Waals surface area contributed by atoms with Crippen molar-refractivity contribution >= 4 is 23.3 Å². The summed E-state index contributed by atoms with van der Waals surface area (Å²) in [5, 5.41) is 13.5. The second kappa shape index (κ2) is 6.29. The Morgan fingerprint density at radius 2 is 1.97 bits per heavy atom. The monoisotopic (exact) mass is 399 g/mol. The van der Waals surface area contributed by atoms with E-state index in [1.54, 1.807) is 25.1 Å². The first-order valence-corrected chi connectivity index (χ1v) is 10.3. The van der Waals surface area contributed by atoms with Gasteiger partial charge >= 0.3 is 5.97 Å². The molecule has 29 heavy (non-hydrogen) atoms. The van der Waals surface area contributed by atoms with Crippen LogP contribution in [-0.2, 0) is 14.3 Å². The molecule has 1 amide bonds. The average molecular weight is 399 g/mol. The number of carbonyl (C=O) groups is 3. The van der Waals surface area contributed by atoms with Crippen LogP contribution in [0.15, 0.2) is 18.2 Å². The van der Waals surface area contributed by atoms with Crippen LogP contribution in [0.5, 0.6) is 5.75 Å². The minimum atomic E-state index is -0.941. The summed E-state index contributed by atoms with van der Waals surface area (Å²) in [5.74, 6) is 0.270. The molecular formula is C22H25NO6. The largest absolute Gasteiger partial charge is 0.482 e. The number of Topliss-reactive ketones (excluding diaryl/α,β-unsaturated/α-hetero) is 1. The average Bonchev–Trinajstić information content (AvgIpc) is 2.64. The highest BCUT2D eigenvalue weighted by Gasteiger charge is 2.61. The van der Waals surface area contributed by atoms with E-state index in [-0.39, 0.29) is 24.3 Å². The molecule has 2 N–H and O–H groups in total. The maximum Gasteiger partial charge on any atom is 0.312 e. The van der Waals surface area contributed by atoms with E-state index in [4.69, 9.17) is 9.47 Å². The molecule has 1 aromatic rings. The van der Waals surface area contributed by atoms with Crippen molar-refractivity contribution in [1.29, 1.82) is 0 Å². The normalized spacial score (nSPS) is 35.3. The molecular weight excluding hydrogens is 374 g/mol. The van der Waals surface area contributed by atoms with Crippen LogP contribution < -0.4 is 10.1 Å². The fourth-order valence-electron chi connectivity index (χ4n) is 6.26. The third-order valence-electron chi connectivity index (χ3n) is 7.01. The molecule has 4 aliphatic carbocycles. The first-order valence-electron chi connectivity index (χ1n) is 10.3. The zero-order valence-corrected chi connectivity index (χ0v) is 16.4. The van der Waals surface area contributed by atoms with E-state index in [0.717, 1.165) is 32.1 Å². The third kappa shape index (κ3) is 3.12. The number of anilines is 1. The Kier molecular flexibility index (Phi) is 4.04. The summed E-state index contributed by atoms with van der Waals surface area (Å²) in [6.45, 7) is 1.52. The van der Waals surface area contributed by atoms with Crippen molar-refractivity contribution in [3.63, 3.8) is 0 Å². The number of hydrogen-bond donors (Lipinski definition) is 2. The molecule has 0 unspecified atom stereocenters. The van der Waals surface area contributed by atoms with Gasteiger partial charge in [0.15, 0.2) is 12.7 Å². The Bertz CT molecular complexity index is 895. The molecule has 1 heterocycles. The van der Waals surface area contributed by atoms with Crippen molar-refractivity contribution in [1.82, 2.24) is 0 Å². The highest BCUT2D eigenvalue weighted by atomic mass is 16.5. The van der Waals surface area contributed by atoms with Crippen LogP contribution in [0.3, 0.4) is 0 Å². The van der Waals surface area contributed by atoms with Crippen LogP contribution in [0.25, 0.3) is 0 Å². The molecule has 7 nitrogen and oxygen atoms in total. The molecule has 0 radical (unpaired) electrons. The Balaban J connectivity index is 1.31. The smallest absolute Gasteiger partial charge is 0.312 e. The topological polar surface area (TPSA) is 102 Å². The predicted molar refractivity (Wildman–Crippen MR) is 103 cm³/mol. The molecule has 4 bridgehead atoms. The number of hydrogen-bond acceptors (Lipinski definition) is 6. The molecule has 5 aliphatic rings. The number of ketones is 1. The van der Waals surface area contributed by atoms with E-state index in [1.807, 2.05) is 0 Å². The summed E-state index contributed by atoms with van der Waals surface area (Å²) in [6.07, 6.45) is 3.61. The fraction of sp³-hybridized carbons (Fsp3) is 0.591. The summed E-state index contributed by atoms with van der Waals surface area (Å²) in [4.78, 5) is 37.5. The summed E-state index contributed by atoms with van der Waals surface area (Å²) >= 11 is 0. The molecule has 3 atom stereocenters. The third-order valence-corrected chi connectivity index (χ3v) is 7.01. The lowest BCUT2D eigenvalue weighted by molar-refractivity contribution is -0.197. The molecule has 4 saturated carbocycles. The van der Waals surface area contributed by atoms with Crippen LogP contribution >= 0.6 is 0 Å². The van der Waals surface area contributed by atoms with E-state index in [1.165, 1.54) is 0 Å². The van der Waals surface area contributed by atoms with Gasteiger partial charge in [-0.05, 0) is 75.5 Å². The Morgan fingerprint density at radius 1 is 1.24 bits per heavy atom. The van der Waals surface area contributed by atoms with Gasteiger partial charge in [0.1, 0.15) is 5.75 Å². The number of nitrogens with one attached hydrogen (secondary N) is 1. The highest BCUT2D eigenvalue weighted by Crippen LogP contribution is 2.62. The molecule has 6 rings (SSSR count). The van der Waals surface area contributed by atoms with Gasteiger partial charge in [-0.15, -0.1) is 0 Å². The summed E-state index contributed by atoms with van der Waals surface area (Å²) in [6, 6.07) is 4.79. The molecule has 0 saturated heterocycles. The number of ether oxygens (including phenoxy) is 2. The first kappa shape index (κ1) is 18.6. The van der Waals surface area contributed by atoms with Gasteiger partial charge in [0.25, 0.3) is 5.91 Å². The first-order chi connectivity index (χ1) is 13.8. The van der Waals surface area contributed by atoms with Crippen LogP contribution in [0.1, 0.15) is 55.8 Å².